The summed E-state index contributed by atoms with van der Waals surface area (Å²) in [5, 5.41) is 15.1. The van der Waals surface area contributed by atoms with Gasteiger partial charge < -0.3 is 5.11 Å². The third-order valence-corrected chi connectivity index (χ3v) is 3.60. The fourth-order valence-electron chi connectivity index (χ4n) is 1.99. The lowest BCUT2D eigenvalue weighted by molar-refractivity contribution is 0.176. The van der Waals surface area contributed by atoms with Gasteiger partial charge in [0.25, 0.3) is 0 Å². The molecule has 0 fully saturated rings. The molecule has 0 saturated heterocycles. The van der Waals surface area contributed by atoms with Crippen LogP contribution in [0.15, 0.2) is 24.3 Å². The first-order valence-electron chi connectivity index (χ1n) is 5.91. The number of hydrogen-bond acceptors (Lipinski definition) is 2. The van der Waals surface area contributed by atoms with Crippen LogP contribution in [0.4, 0.5) is 0 Å². The Hall–Kier alpha value is -1.32. The van der Waals surface area contributed by atoms with Crippen LogP contribution in [0.25, 0.3) is 0 Å². The number of rotatable bonds is 3. The molecule has 0 aliphatic heterocycles. The van der Waals surface area contributed by atoms with E-state index in [0.29, 0.717) is 11.4 Å². The topological polar surface area (TPSA) is 38.1 Å². The van der Waals surface area contributed by atoms with Gasteiger partial charge in [0.2, 0.25) is 0 Å². The average molecular weight is 265 g/mol. The fraction of sp³-hybridized carbons (Fsp3) is 0.357. The lowest BCUT2D eigenvalue weighted by atomic mass is 10.0. The van der Waals surface area contributed by atoms with Gasteiger partial charge in [-0.25, -0.2) is 0 Å². The van der Waals surface area contributed by atoms with Crippen LogP contribution >= 0.6 is 11.6 Å². The standard InChI is InChI=1S/C14H17ClN2O/c1-9-4-6-11(7-5-9)13(18)8-12-14(15)10(2)16-17(12)3/h4-7,13,18H,8H2,1-3H3. The van der Waals surface area contributed by atoms with Crippen molar-refractivity contribution in [3.8, 4) is 0 Å². The fourth-order valence-corrected chi connectivity index (χ4v) is 2.23. The summed E-state index contributed by atoms with van der Waals surface area (Å²) in [7, 11) is 1.84. The van der Waals surface area contributed by atoms with Crippen molar-refractivity contribution in [3.05, 3.63) is 51.8 Å². The zero-order valence-corrected chi connectivity index (χ0v) is 11.6. The minimum absolute atomic E-state index is 0.471. The highest BCUT2D eigenvalue weighted by molar-refractivity contribution is 6.31. The maximum absolute atomic E-state index is 10.2. The van der Waals surface area contributed by atoms with E-state index in [1.165, 1.54) is 5.56 Å². The summed E-state index contributed by atoms with van der Waals surface area (Å²) < 4.78 is 1.73. The summed E-state index contributed by atoms with van der Waals surface area (Å²) in [6.07, 6.45) is -0.0860. The van der Waals surface area contributed by atoms with Crippen molar-refractivity contribution in [3.63, 3.8) is 0 Å². The van der Waals surface area contributed by atoms with Gasteiger partial charge in [0, 0.05) is 13.5 Å². The number of aliphatic hydroxyl groups excluding tert-OH is 1. The molecule has 1 aromatic carbocycles. The molecule has 0 bridgehead atoms. The molecule has 18 heavy (non-hydrogen) atoms. The summed E-state index contributed by atoms with van der Waals surface area (Å²) >= 11 is 6.18. The maximum atomic E-state index is 10.2. The predicted molar refractivity (Wildman–Crippen MR) is 72.8 cm³/mol. The second kappa shape index (κ2) is 5.12. The van der Waals surface area contributed by atoms with Crippen molar-refractivity contribution in [2.75, 3.05) is 0 Å². The zero-order valence-electron chi connectivity index (χ0n) is 10.8. The Bertz CT molecular complexity index is 546. The summed E-state index contributed by atoms with van der Waals surface area (Å²) in [6, 6.07) is 7.87. The lowest BCUT2D eigenvalue weighted by Crippen LogP contribution is -2.06. The summed E-state index contributed by atoms with van der Waals surface area (Å²) in [4.78, 5) is 0. The molecule has 0 amide bonds. The van der Waals surface area contributed by atoms with Gasteiger partial charge in [0.15, 0.2) is 0 Å². The number of aliphatic hydroxyl groups is 1. The second-order valence-corrected chi connectivity index (χ2v) is 4.98. The van der Waals surface area contributed by atoms with Crippen molar-refractivity contribution in [1.29, 1.82) is 0 Å². The highest BCUT2D eigenvalue weighted by Crippen LogP contribution is 2.25. The Morgan fingerprint density at radius 1 is 1.28 bits per heavy atom. The largest absolute Gasteiger partial charge is 0.388 e. The van der Waals surface area contributed by atoms with Crippen molar-refractivity contribution < 1.29 is 5.11 Å². The Morgan fingerprint density at radius 3 is 2.39 bits per heavy atom. The summed E-state index contributed by atoms with van der Waals surface area (Å²) in [6.45, 7) is 3.89. The van der Waals surface area contributed by atoms with E-state index in [1.54, 1.807) is 4.68 Å². The van der Waals surface area contributed by atoms with E-state index in [-0.39, 0.29) is 0 Å². The second-order valence-electron chi connectivity index (χ2n) is 4.60. The number of aryl methyl sites for hydroxylation is 3. The van der Waals surface area contributed by atoms with Crippen molar-refractivity contribution >= 4 is 11.6 Å². The smallest absolute Gasteiger partial charge is 0.0848 e. The van der Waals surface area contributed by atoms with Crippen LogP contribution in [0.5, 0.6) is 0 Å². The number of aromatic nitrogens is 2. The SMILES string of the molecule is Cc1ccc(C(O)Cc2c(Cl)c(C)nn2C)cc1. The highest BCUT2D eigenvalue weighted by atomic mass is 35.5. The lowest BCUT2D eigenvalue weighted by Gasteiger charge is -2.12. The molecule has 3 nitrogen and oxygen atoms in total. The molecule has 0 spiro atoms. The molecule has 0 aliphatic carbocycles. The maximum Gasteiger partial charge on any atom is 0.0848 e. The van der Waals surface area contributed by atoms with E-state index >= 15 is 0 Å². The quantitative estimate of drug-likeness (QED) is 0.926. The number of benzene rings is 1. The Labute approximate surface area is 112 Å². The van der Waals surface area contributed by atoms with Gasteiger partial charge >= 0.3 is 0 Å². The molecule has 0 aliphatic rings. The molecule has 1 atom stereocenters. The van der Waals surface area contributed by atoms with E-state index in [9.17, 15) is 5.11 Å². The van der Waals surface area contributed by atoms with Crippen LogP contribution < -0.4 is 0 Å². The molecule has 1 unspecified atom stereocenters. The van der Waals surface area contributed by atoms with Crippen molar-refractivity contribution in [2.24, 2.45) is 7.05 Å². The van der Waals surface area contributed by atoms with Crippen LogP contribution in [0, 0.1) is 13.8 Å². The van der Waals surface area contributed by atoms with Crippen LogP contribution in [-0.2, 0) is 13.5 Å². The summed E-state index contributed by atoms with van der Waals surface area (Å²) in [5.41, 5.74) is 3.74. The third kappa shape index (κ3) is 2.57. The average Bonchev–Trinajstić information content (AvgIpc) is 2.57. The molecule has 96 valence electrons. The molecule has 1 heterocycles. The van der Waals surface area contributed by atoms with E-state index in [1.807, 2.05) is 45.2 Å². The van der Waals surface area contributed by atoms with Gasteiger partial charge in [0.1, 0.15) is 0 Å². The van der Waals surface area contributed by atoms with Crippen molar-refractivity contribution in [2.45, 2.75) is 26.4 Å². The van der Waals surface area contributed by atoms with Crippen LogP contribution in [0.2, 0.25) is 5.02 Å². The van der Waals surface area contributed by atoms with Gasteiger partial charge in [-0.3, -0.25) is 4.68 Å². The van der Waals surface area contributed by atoms with Crippen LogP contribution in [-0.4, -0.2) is 14.9 Å². The van der Waals surface area contributed by atoms with Crippen molar-refractivity contribution in [1.82, 2.24) is 9.78 Å². The molecule has 4 heteroatoms. The zero-order chi connectivity index (χ0) is 13.3. The molecule has 0 radical (unpaired) electrons. The van der Waals surface area contributed by atoms with Gasteiger partial charge in [-0.15, -0.1) is 0 Å². The molecule has 2 aromatic rings. The van der Waals surface area contributed by atoms with E-state index in [4.69, 9.17) is 11.6 Å². The monoisotopic (exact) mass is 264 g/mol. The first kappa shape index (κ1) is 13.1. The number of halogens is 1. The minimum atomic E-state index is -0.558. The minimum Gasteiger partial charge on any atom is -0.388 e. The molecule has 0 saturated carbocycles. The molecule has 1 N–H and O–H groups in total. The molecular formula is C14H17ClN2O. The Balaban J connectivity index is 2.21. The summed E-state index contributed by atoms with van der Waals surface area (Å²) in [5.74, 6) is 0. The molecule has 1 aromatic heterocycles. The molecule has 2 rings (SSSR count). The predicted octanol–water partition coefficient (Wildman–Crippen LogP) is 2.97. The van der Waals surface area contributed by atoms with Gasteiger partial charge in [-0.2, -0.15) is 5.10 Å². The first-order chi connectivity index (χ1) is 8.49. The first-order valence-corrected chi connectivity index (χ1v) is 6.29. The van der Waals surface area contributed by atoms with E-state index < -0.39 is 6.10 Å². The van der Waals surface area contributed by atoms with E-state index in [2.05, 4.69) is 5.10 Å². The Morgan fingerprint density at radius 2 is 1.89 bits per heavy atom. The van der Waals surface area contributed by atoms with Gasteiger partial charge in [-0.05, 0) is 19.4 Å². The highest BCUT2D eigenvalue weighted by Gasteiger charge is 2.16. The number of nitrogens with zero attached hydrogens (tertiary/aromatic N) is 2. The van der Waals surface area contributed by atoms with Gasteiger partial charge in [0.05, 0.1) is 22.5 Å². The van der Waals surface area contributed by atoms with Crippen LogP contribution in [0.1, 0.15) is 28.6 Å². The third-order valence-electron chi connectivity index (χ3n) is 3.11. The van der Waals surface area contributed by atoms with E-state index in [0.717, 1.165) is 17.0 Å². The van der Waals surface area contributed by atoms with Crippen LogP contribution in [0.3, 0.4) is 0 Å². The Kier molecular flexibility index (Phi) is 3.73. The number of hydrogen-bond donors (Lipinski definition) is 1. The molecular weight excluding hydrogens is 248 g/mol. The normalized spacial score (nSPS) is 12.7. The van der Waals surface area contributed by atoms with Gasteiger partial charge in [-0.1, -0.05) is 41.4 Å².